The molecule has 4 heterocycles. The van der Waals surface area contributed by atoms with Gasteiger partial charge in [0.15, 0.2) is 5.60 Å². The average Bonchev–Trinajstić information content (AvgIpc) is 4.13. The Labute approximate surface area is 340 Å². The third-order valence-corrected chi connectivity index (χ3v) is 12.4. The van der Waals surface area contributed by atoms with Gasteiger partial charge in [-0.05, 0) is 92.3 Å². The molecule has 0 radical (unpaired) electrons. The van der Waals surface area contributed by atoms with Crippen molar-refractivity contribution in [2.24, 2.45) is 0 Å². The molecule has 2 saturated heterocycles. The number of nitrogens with one attached hydrogen (secondary N) is 3. The van der Waals surface area contributed by atoms with Crippen molar-refractivity contribution in [3.05, 3.63) is 108 Å². The quantitative estimate of drug-likeness (QED) is 0.116. The summed E-state index contributed by atoms with van der Waals surface area (Å²) in [5.41, 5.74) is 5.95. The Morgan fingerprint density at radius 3 is 1.76 bits per heavy atom. The van der Waals surface area contributed by atoms with E-state index in [4.69, 9.17) is 14.7 Å². The molecule has 3 aromatic carbocycles. The number of nitrogens with zero attached hydrogens (tertiary/aromatic N) is 5. The van der Waals surface area contributed by atoms with Crippen LogP contribution in [0.4, 0.5) is 4.79 Å². The number of likely N-dealkylation sites (N-methyl/N-ethyl adjacent to an activating group) is 1. The lowest BCUT2D eigenvalue weighted by atomic mass is 9.99. The maximum atomic E-state index is 14.2. The lowest BCUT2D eigenvalue weighted by Gasteiger charge is -2.34. The van der Waals surface area contributed by atoms with E-state index in [9.17, 15) is 14.4 Å². The highest BCUT2D eigenvalue weighted by Crippen LogP contribution is 2.41. The normalized spacial score (nSPS) is 19.4. The molecule has 5 aromatic rings. The van der Waals surface area contributed by atoms with E-state index >= 15 is 0 Å². The summed E-state index contributed by atoms with van der Waals surface area (Å²) in [6.07, 6.45) is 9.43. The van der Waals surface area contributed by atoms with Crippen LogP contribution in [-0.4, -0.2) is 91.4 Å². The molecule has 3 aliphatic rings. The van der Waals surface area contributed by atoms with Crippen LogP contribution in [0.1, 0.15) is 101 Å². The zero-order chi connectivity index (χ0) is 40.2. The van der Waals surface area contributed by atoms with Crippen molar-refractivity contribution in [2.45, 2.75) is 88.9 Å². The molecule has 3 atom stereocenters. The SMILES string of the molecule is CCN(CC)[C@@H](C(=O)N1CCC[C@H]1c1ncc(-c2ccc(-c3ccc(-c4cnc([C@@H]5CCCN5C(=O)C5(OC(=O)NC)CCCC5)[nH]4)cc3)cc2)[nH]1)c1ccccc1. The molecular formula is C46H54N8O4. The van der Waals surface area contributed by atoms with E-state index in [1.54, 1.807) is 0 Å². The summed E-state index contributed by atoms with van der Waals surface area (Å²) in [6, 6.07) is 26.4. The molecule has 58 heavy (non-hydrogen) atoms. The predicted molar refractivity (Wildman–Crippen MR) is 223 cm³/mol. The lowest BCUT2D eigenvalue weighted by molar-refractivity contribution is -0.152. The van der Waals surface area contributed by atoms with Crippen molar-refractivity contribution in [1.82, 2.24) is 40.0 Å². The summed E-state index contributed by atoms with van der Waals surface area (Å²) in [6.45, 7) is 7.14. The highest BCUT2D eigenvalue weighted by Gasteiger charge is 2.50. The Hall–Kier alpha value is -5.75. The Morgan fingerprint density at radius 1 is 0.741 bits per heavy atom. The third kappa shape index (κ3) is 7.65. The van der Waals surface area contributed by atoms with Crippen LogP contribution in [0.2, 0.25) is 0 Å². The monoisotopic (exact) mass is 782 g/mol. The molecule has 8 rings (SSSR count). The second-order valence-corrected chi connectivity index (χ2v) is 15.7. The summed E-state index contributed by atoms with van der Waals surface area (Å²) < 4.78 is 5.73. The van der Waals surface area contributed by atoms with Gasteiger partial charge in [0.25, 0.3) is 5.91 Å². The van der Waals surface area contributed by atoms with Gasteiger partial charge in [0.2, 0.25) is 5.91 Å². The summed E-state index contributed by atoms with van der Waals surface area (Å²) in [5.74, 6) is 1.59. The topological polar surface area (TPSA) is 140 Å². The average molecular weight is 783 g/mol. The number of ether oxygens (including phenoxy) is 1. The van der Waals surface area contributed by atoms with Crippen LogP contribution in [0.5, 0.6) is 0 Å². The van der Waals surface area contributed by atoms with Crippen molar-refractivity contribution < 1.29 is 19.1 Å². The van der Waals surface area contributed by atoms with Gasteiger partial charge in [-0.15, -0.1) is 0 Å². The predicted octanol–water partition coefficient (Wildman–Crippen LogP) is 8.21. The number of imidazole rings is 2. The minimum absolute atomic E-state index is 0.0924. The van der Waals surface area contributed by atoms with Gasteiger partial charge in [0, 0.05) is 20.1 Å². The van der Waals surface area contributed by atoms with Crippen molar-refractivity contribution in [1.29, 1.82) is 0 Å². The van der Waals surface area contributed by atoms with Gasteiger partial charge in [-0.25, -0.2) is 14.8 Å². The van der Waals surface area contributed by atoms with Gasteiger partial charge in [-0.3, -0.25) is 14.5 Å². The number of alkyl carbamates (subject to hydrolysis) is 1. The second-order valence-electron chi connectivity index (χ2n) is 15.7. The van der Waals surface area contributed by atoms with Crippen molar-refractivity contribution in [3.63, 3.8) is 0 Å². The number of rotatable bonds is 12. The zero-order valence-corrected chi connectivity index (χ0v) is 33.7. The van der Waals surface area contributed by atoms with E-state index < -0.39 is 11.7 Å². The number of H-pyrrole nitrogens is 2. The molecule has 12 nitrogen and oxygen atoms in total. The number of hydrogen-bond donors (Lipinski definition) is 3. The van der Waals surface area contributed by atoms with Crippen molar-refractivity contribution >= 4 is 17.9 Å². The van der Waals surface area contributed by atoms with Gasteiger partial charge in [0.1, 0.15) is 17.7 Å². The summed E-state index contributed by atoms with van der Waals surface area (Å²) in [5, 5.41) is 2.51. The maximum Gasteiger partial charge on any atom is 0.407 e. The van der Waals surface area contributed by atoms with Crippen LogP contribution < -0.4 is 5.32 Å². The van der Waals surface area contributed by atoms with Crippen molar-refractivity contribution in [3.8, 4) is 33.6 Å². The summed E-state index contributed by atoms with van der Waals surface area (Å²) in [7, 11) is 1.52. The Balaban J connectivity index is 0.930. The van der Waals surface area contributed by atoms with Crippen LogP contribution >= 0.6 is 0 Å². The molecule has 2 aliphatic heterocycles. The zero-order valence-electron chi connectivity index (χ0n) is 33.7. The minimum atomic E-state index is -1.11. The summed E-state index contributed by atoms with van der Waals surface area (Å²) >= 11 is 0. The molecule has 3 amide bonds. The number of aromatic amines is 2. The van der Waals surface area contributed by atoms with Crippen molar-refractivity contribution in [2.75, 3.05) is 33.2 Å². The number of likely N-dealkylation sites (tertiary alicyclic amines) is 2. The highest BCUT2D eigenvalue weighted by molar-refractivity contribution is 5.88. The number of carbonyl (C=O) groups excluding carboxylic acids is 3. The molecule has 302 valence electrons. The fraction of sp³-hybridized carbons (Fsp3) is 0.413. The molecule has 0 unspecified atom stereocenters. The molecule has 12 heteroatoms. The Kier molecular flexibility index (Phi) is 11.5. The van der Waals surface area contributed by atoms with Gasteiger partial charge in [-0.1, -0.05) is 92.7 Å². The molecular weight excluding hydrogens is 729 g/mol. The second kappa shape index (κ2) is 17.0. The fourth-order valence-corrected chi connectivity index (χ4v) is 9.29. The maximum absolute atomic E-state index is 14.2. The van der Waals surface area contributed by atoms with E-state index in [2.05, 4.69) is 94.7 Å². The highest BCUT2D eigenvalue weighted by atomic mass is 16.6. The fourth-order valence-electron chi connectivity index (χ4n) is 9.29. The van der Waals surface area contributed by atoms with Crippen LogP contribution in [0, 0.1) is 0 Å². The van der Waals surface area contributed by atoms with Gasteiger partial charge >= 0.3 is 6.09 Å². The van der Waals surface area contributed by atoms with Crippen LogP contribution in [0.25, 0.3) is 33.6 Å². The van der Waals surface area contributed by atoms with E-state index in [1.807, 2.05) is 40.4 Å². The smallest absolute Gasteiger partial charge is 0.407 e. The van der Waals surface area contributed by atoms with E-state index in [1.165, 1.54) is 7.05 Å². The van der Waals surface area contributed by atoms with Crippen LogP contribution in [0.15, 0.2) is 91.3 Å². The van der Waals surface area contributed by atoms with Gasteiger partial charge in [-0.2, -0.15) is 0 Å². The lowest BCUT2D eigenvalue weighted by Crippen LogP contribution is -2.51. The minimum Gasteiger partial charge on any atom is -0.433 e. The molecule has 2 aromatic heterocycles. The van der Waals surface area contributed by atoms with Gasteiger partial charge < -0.3 is 29.8 Å². The van der Waals surface area contributed by atoms with E-state index in [-0.39, 0.29) is 29.9 Å². The third-order valence-electron chi connectivity index (χ3n) is 12.4. The molecule has 3 N–H and O–H groups in total. The molecule has 0 bridgehead atoms. The number of hydrogen-bond acceptors (Lipinski definition) is 7. The number of benzene rings is 3. The number of aromatic nitrogens is 4. The first-order chi connectivity index (χ1) is 28.3. The molecule has 1 saturated carbocycles. The van der Waals surface area contributed by atoms with Gasteiger partial charge in [0.05, 0.1) is 35.9 Å². The van der Waals surface area contributed by atoms with Crippen LogP contribution in [0.3, 0.4) is 0 Å². The number of amides is 3. The molecule has 1 aliphatic carbocycles. The summed E-state index contributed by atoms with van der Waals surface area (Å²) in [4.78, 5) is 63.0. The molecule has 0 spiro atoms. The van der Waals surface area contributed by atoms with E-state index in [0.29, 0.717) is 19.4 Å². The standard InChI is InChI=1S/C46H54N8O4/c1-4-52(5-2)40(35-13-7-6-8-14-35)43(55)53-27-11-15-38(53)41-48-29-36(50-41)33-21-17-31(18-22-33)32-19-23-34(24-20-32)37-30-49-42(51-37)39-16-12-28-54(39)44(56)46(25-9-10-26-46)58-45(57)47-3/h6-8,13-14,17-24,29-30,38-40H,4-5,9-12,15-16,25-28H2,1-3H3,(H,47,57)(H,48,50)(H,49,51)/t38-,39-,40+/m0/s1. The van der Waals surface area contributed by atoms with Crippen LogP contribution in [-0.2, 0) is 14.3 Å². The first-order valence-electron chi connectivity index (χ1n) is 20.9. The molecule has 3 fully saturated rings. The number of carbonyl (C=O) groups is 3. The largest absolute Gasteiger partial charge is 0.433 e. The Morgan fingerprint density at radius 2 is 1.24 bits per heavy atom. The first kappa shape index (κ1) is 39.1. The Bertz CT molecular complexity index is 2190. The first-order valence-corrected chi connectivity index (χ1v) is 20.9. The van der Waals surface area contributed by atoms with E-state index in [0.717, 1.165) is 109 Å².